The molecule has 2 atom stereocenters. The third kappa shape index (κ3) is 4.33. The van der Waals surface area contributed by atoms with Crippen LogP contribution in [0.25, 0.3) is 22.0 Å². The largest absolute Gasteiger partial charge is 0.497 e. The molecule has 1 aromatic heterocycles. The highest BCUT2D eigenvalue weighted by atomic mass is 16.5. The Hall–Kier alpha value is -2.96. The van der Waals surface area contributed by atoms with Crippen LogP contribution >= 0.6 is 0 Å². The van der Waals surface area contributed by atoms with E-state index in [2.05, 4.69) is 28.1 Å². The molecule has 2 aromatic carbocycles. The fourth-order valence-electron chi connectivity index (χ4n) is 4.75. The van der Waals surface area contributed by atoms with Crippen molar-refractivity contribution in [3.63, 3.8) is 0 Å². The van der Waals surface area contributed by atoms with Gasteiger partial charge in [0.2, 0.25) is 0 Å². The molecule has 3 aromatic rings. The number of aldehydes is 1. The maximum Gasteiger partial charge on any atom is 0.150 e. The maximum atomic E-state index is 11.2. The average molecular weight is 433 g/mol. The molecule has 0 aliphatic carbocycles. The van der Waals surface area contributed by atoms with E-state index >= 15 is 0 Å². The van der Waals surface area contributed by atoms with Crippen LogP contribution in [0.3, 0.4) is 0 Å². The Labute approximate surface area is 188 Å². The van der Waals surface area contributed by atoms with Crippen LogP contribution in [0.4, 0.5) is 0 Å². The molecule has 2 aliphatic rings. The summed E-state index contributed by atoms with van der Waals surface area (Å²) in [6.45, 7) is 2.56. The lowest BCUT2D eigenvalue weighted by Crippen LogP contribution is -2.47. The summed E-state index contributed by atoms with van der Waals surface area (Å²) < 4.78 is 17.0. The summed E-state index contributed by atoms with van der Waals surface area (Å²) in [5.41, 5.74) is 3.10. The third-order valence-electron chi connectivity index (χ3n) is 6.56. The summed E-state index contributed by atoms with van der Waals surface area (Å²) in [6, 6.07) is 16.5. The van der Waals surface area contributed by atoms with Crippen LogP contribution in [0.1, 0.15) is 19.3 Å². The number of ether oxygens (including phenoxy) is 3. The van der Waals surface area contributed by atoms with E-state index in [1.807, 2.05) is 36.5 Å². The van der Waals surface area contributed by atoms with Crippen molar-refractivity contribution in [2.45, 2.75) is 37.5 Å². The van der Waals surface area contributed by atoms with E-state index in [1.54, 1.807) is 7.11 Å². The first-order valence-corrected chi connectivity index (χ1v) is 11.3. The minimum Gasteiger partial charge on any atom is -0.497 e. The summed E-state index contributed by atoms with van der Waals surface area (Å²) in [7, 11) is 1.66. The maximum absolute atomic E-state index is 11.2. The zero-order chi connectivity index (χ0) is 21.9. The zero-order valence-electron chi connectivity index (χ0n) is 18.3. The molecule has 0 amide bonds. The van der Waals surface area contributed by atoms with Gasteiger partial charge in [-0.2, -0.15) is 0 Å². The van der Waals surface area contributed by atoms with Crippen molar-refractivity contribution in [2.75, 3.05) is 26.8 Å². The van der Waals surface area contributed by atoms with Gasteiger partial charge in [0.25, 0.3) is 0 Å². The number of hydrogen-bond donors (Lipinski definition) is 0. The minimum absolute atomic E-state index is 0.200. The fourth-order valence-corrected chi connectivity index (χ4v) is 4.75. The first kappa shape index (κ1) is 20.9. The average Bonchev–Trinajstić information content (AvgIpc) is 3.33. The van der Waals surface area contributed by atoms with Crippen LogP contribution in [0.5, 0.6) is 11.5 Å². The van der Waals surface area contributed by atoms with Crippen LogP contribution in [0.15, 0.2) is 54.7 Å². The van der Waals surface area contributed by atoms with Gasteiger partial charge in [0.05, 0.1) is 12.6 Å². The van der Waals surface area contributed by atoms with Crippen molar-refractivity contribution in [1.29, 1.82) is 0 Å². The summed E-state index contributed by atoms with van der Waals surface area (Å²) >= 11 is 0. The summed E-state index contributed by atoms with van der Waals surface area (Å²) in [5, 5.41) is 1.08. The van der Waals surface area contributed by atoms with E-state index in [0.717, 1.165) is 72.2 Å². The van der Waals surface area contributed by atoms with Crippen molar-refractivity contribution < 1.29 is 19.0 Å². The lowest BCUT2D eigenvalue weighted by atomic mass is 10.0. The van der Waals surface area contributed by atoms with Crippen molar-refractivity contribution in [3.05, 3.63) is 54.7 Å². The zero-order valence-corrected chi connectivity index (χ0v) is 18.3. The molecule has 0 N–H and O–H groups in total. The fraction of sp³-hybridized carbons (Fsp3) is 0.385. The van der Waals surface area contributed by atoms with E-state index in [4.69, 9.17) is 14.2 Å². The second-order valence-electron chi connectivity index (χ2n) is 8.49. The van der Waals surface area contributed by atoms with Crippen molar-refractivity contribution >= 4 is 17.2 Å². The Bertz CT molecular complexity index is 1080. The lowest BCUT2D eigenvalue weighted by molar-refractivity contribution is -0.118. The number of fused-ring (bicyclic) bond motifs is 1. The van der Waals surface area contributed by atoms with E-state index in [1.165, 1.54) is 0 Å². The van der Waals surface area contributed by atoms with Crippen LogP contribution < -0.4 is 9.47 Å². The molecule has 0 spiro atoms. The predicted molar refractivity (Wildman–Crippen MR) is 123 cm³/mol. The SMILES string of the molecule is COc1ccc2cc(-c3ccc(OC4CCN([C@@H]5CCOC5C=O)CC4)cc3)cnc2c1. The molecule has 3 heterocycles. The molecule has 0 bridgehead atoms. The molecule has 2 aliphatic heterocycles. The highest BCUT2D eigenvalue weighted by molar-refractivity contribution is 5.84. The Morgan fingerprint density at radius 2 is 1.78 bits per heavy atom. The summed E-state index contributed by atoms with van der Waals surface area (Å²) in [6.07, 6.45) is 5.63. The minimum atomic E-state index is -0.272. The molecule has 1 unspecified atom stereocenters. The lowest BCUT2D eigenvalue weighted by Gasteiger charge is -2.36. The predicted octanol–water partition coefficient (Wildman–Crippen LogP) is 4.11. The molecule has 166 valence electrons. The molecule has 5 rings (SSSR count). The normalized spacial score (nSPS) is 22.2. The second-order valence-corrected chi connectivity index (χ2v) is 8.49. The van der Waals surface area contributed by atoms with Gasteiger partial charge in [-0.1, -0.05) is 12.1 Å². The molecule has 6 heteroatoms. The number of carbonyl (C=O) groups is 1. The summed E-state index contributed by atoms with van der Waals surface area (Å²) in [4.78, 5) is 18.2. The standard InChI is InChI=1S/C26H28N2O4/c1-30-23-7-4-19-14-20(16-27-24(19)15-23)18-2-5-21(6-3-18)32-22-8-11-28(12-9-22)25-10-13-31-26(25)17-29/h2-7,14-17,22,25-26H,8-13H2,1H3/t25-,26?/m1/s1. The highest BCUT2D eigenvalue weighted by Gasteiger charge is 2.35. The number of rotatable bonds is 6. The number of carbonyl (C=O) groups excluding carboxylic acids is 1. The number of benzene rings is 2. The quantitative estimate of drug-likeness (QED) is 0.547. The third-order valence-corrected chi connectivity index (χ3v) is 6.56. The van der Waals surface area contributed by atoms with Gasteiger partial charge in [-0.15, -0.1) is 0 Å². The number of hydrogen-bond acceptors (Lipinski definition) is 6. The molecule has 0 saturated carbocycles. The number of methoxy groups -OCH3 is 1. The molecule has 2 fully saturated rings. The smallest absolute Gasteiger partial charge is 0.150 e. The Kier molecular flexibility index (Phi) is 6.06. The van der Waals surface area contributed by atoms with Gasteiger partial charge in [0, 0.05) is 49.0 Å². The molecule has 0 radical (unpaired) electrons. The molecular formula is C26H28N2O4. The monoisotopic (exact) mass is 432 g/mol. The number of piperidine rings is 1. The van der Waals surface area contributed by atoms with E-state index in [0.29, 0.717) is 6.61 Å². The first-order valence-electron chi connectivity index (χ1n) is 11.3. The molecule has 32 heavy (non-hydrogen) atoms. The molecular weight excluding hydrogens is 404 g/mol. The van der Waals surface area contributed by atoms with Gasteiger partial charge >= 0.3 is 0 Å². The van der Waals surface area contributed by atoms with Gasteiger partial charge in [-0.25, -0.2) is 0 Å². The van der Waals surface area contributed by atoms with Gasteiger partial charge in [0.15, 0.2) is 0 Å². The van der Waals surface area contributed by atoms with Crippen LogP contribution in [0.2, 0.25) is 0 Å². The van der Waals surface area contributed by atoms with Crippen LogP contribution in [0, 0.1) is 0 Å². The number of nitrogens with zero attached hydrogens (tertiary/aromatic N) is 2. The Morgan fingerprint density at radius 3 is 2.53 bits per heavy atom. The summed E-state index contributed by atoms with van der Waals surface area (Å²) in [5.74, 6) is 1.70. The number of likely N-dealkylation sites (tertiary alicyclic amines) is 1. The van der Waals surface area contributed by atoms with Crippen molar-refractivity contribution in [1.82, 2.24) is 9.88 Å². The first-order chi connectivity index (χ1) is 15.7. The van der Waals surface area contributed by atoms with E-state index in [9.17, 15) is 4.79 Å². The Morgan fingerprint density at radius 1 is 1.00 bits per heavy atom. The van der Waals surface area contributed by atoms with Crippen molar-refractivity contribution in [3.8, 4) is 22.6 Å². The highest BCUT2D eigenvalue weighted by Crippen LogP contribution is 2.28. The van der Waals surface area contributed by atoms with Gasteiger partial charge in [-0.05, 0) is 55.2 Å². The van der Waals surface area contributed by atoms with E-state index < -0.39 is 0 Å². The number of pyridine rings is 1. The van der Waals surface area contributed by atoms with Gasteiger partial charge < -0.3 is 19.0 Å². The number of aromatic nitrogens is 1. The molecule has 6 nitrogen and oxygen atoms in total. The van der Waals surface area contributed by atoms with Crippen LogP contribution in [-0.4, -0.2) is 61.2 Å². The Balaban J connectivity index is 1.20. The van der Waals surface area contributed by atoms with Crippen molar-refractivity contribution in [2.24, 2.45) is 0 Å². The van der Waals surface area contributed by atoms with Gasteiger partial charge in [-0.3, -0.25) is 9.88 Å². The second kappa shape index (κ2) is 9.27. The topological polar surface area (TPSA) is 60.9 Å². The van der Waals surface area contributed by atoms with Crippen LogP contribution in [-0.2, 0) is 9.53 Å². The van der Waals surface area contributed by atoms with E-state index in [-0.39, 0.29) is 18.2 Å². The van der Waals surface area contributed by atoms with Gasteiger partial charge in [0.1, 0.15) is 30.0 Å². The molecule has 2 saturated heterocycles.